The first-order valence-electron chi connectivity index (χ1n) is 6.48. The van der Waals surface area contributed by atoms with E-state index in [2.05, 4.69) is 6.92 Å². The number of carbonyl (C=O) groups is 1. The maximum absolute atomic E-state index is 12.0. The Morgan fingerprint density at radius 2 is 2.17 bits per heavy atom. The number of likely N-dealkylation sites (tertiary alicyclic amines) is 1. The van der Waals surface area contributed by atoms with Crippen LogP contribution in [0.5, 0.6) is 5.75 Å². The van der Waals surface area contributed by atoms with E-state index in [0.717, 1.165) is 25.8 Å². The van der Waals surface area contributed by atoms with Gasteiger partial charge in [-0.25, -0.2) is 0 Å². The molecule has 0 aliphatic carbocycles. The van der Waals surface area contributed by atoms with Crippen molar-refractivity contribution in [1.82, 2.24) is 4.90 Å². The maximum Gasteiger partial charge on any atom is 0.260 e. The van der Waals surface area contributed by atoms with Crippen molar-refractivity contribution >= 4 is 11.6 Å². The molecule has 1 aliphatic rings. The third-order valence-electron chi connectivity index (χ3n) is 3.41. The van der Waals surface area contributed by atoms with Crippen molar-refractivity contribution < 1.29 is 9.53 Å². The van der Waals surface area contributed by atoms with E-state index < -0.39 is 0 Å². The summed E-state index contributed by atoms with van der Waals surface area (Å²) >= 11 is 0. The van der Waals surface area contributed by atoms with Crippen LogP contribution in [0.25, 0.3) is 0 Å². The molecular weight excluding hydrogens is 228 g/mol. The van der Waals surface area contributed by atoms with Crippen molar-refractivity contribution in [3.8, 4) is 5.75 Å². The van der Waals surface area contributed by atoms with Crippen molar-refractivity contribution in [1.29, 1.82) is 0 Å². The van der Waals surface area contributed by atoms with Gasteiger partial charge < -0.3 is 15.4 Å². The predicted octanol–water partition coefficient (Wildman–Crippen LogP) is 2.05. The van der Waals surface area contributed by atoms with Crippen molar-refractivity contribution in [2.24, 2.45) is 0 Å². The van der Waals surface area contributed by atoms with Gasteiger partial charge in [0.2, 0.25) is 0 Å². The number of benzene rings is 1. The molecule has 1 fully saturated rings. The first kappa shape index (κ1) is 12.7. The third kappa shape index (κ3) is 2.94. The molecule has 1 unspecified atom stereocenters. The summed E-state index contributed by atoms with van der Waals surface area (Å²) in [6, 6.07) is 7.50. The largest absolute Gasteiger partial charge is 0.484 e. The number of amides is 1. The SMILES string of the molecule is CCC1CCCN1C(=O)COc1ccc(N)cc1. The van der Waals surface area contributed by atoms with E-state index in [1.807, 2.05) is 4.90 Å². The number of nitrogens with two attached hydrogens (primary N) is 1. The van der Waals surface area contributed by atoms with Gasteiger partial charge in [0.15, 0.2) is 6.61 Å². The van der Waals surface area contributed by atoms with Gasteiger partial charge in [0.25, 0.3) is 5.91 Å². The molecule has 0 spiro atoms. The predicted molar refractivity (Wildman–Crippen MR) is 71.4 cm³/mol. The number of carbonyl (C=O) groups excluding carboxylic acids is 1. The van der Waals surface area contributed by atoms with Gasteiger partial charge in [0.05, 0.1) is 0 Å². The van der Waals surface area contributed by atoms with E-state index in [4.69, 9.17) is 10.5 Å². The van der Waals surface area contributed by atoms with Gasteiger partial charge >= 0.3 is 0 Å². The molecule has 1 saturated heterocycles. The van der Waals surface area contributed by atoms with Crippen LogP contribution in [-0.4, -0.2) is 30.0 Å². The lowest BCUT2D eigenvalue weighted by molar-refractivity contribution is -0.134. The molecule has 2 rings (SSSR count). The van der Waals surface area contributed by atoms with Gasteiger partial charge in [0.1, 0.15) is 5.75 Å². The van der Waals surface area contributed by atoms with Gasteiger partial charge in [-0.1, -0.05) is 6.92 Å². The molecule has 1 aromatic carbocycles. The fourth-order valence-electron chi connectivity index (χ4n) is 2.38. The summed E-state index contributed by atoms with van der Waals surface area (Å²) in [5.41, 5.74) is 6.28. The number of nitrogen functional groups attached to an aromatic ring is 1. The van der Waals surface area contributed by atoms with Crippen molar-refractivity contribution in [3.05, 3.63) is 24.3 Å². The van der Waals surface area contributed by atoms with E-state index in [9.17, 15) is 4.79 Å². The molecule has 1 heterocycles. The summed E-state index contributed by atoms with van der Waals surface area (Å²) < 4.78 is 5.48. The average Bonchev–Trinajstić information content (AvgIpc) is 2.86. The summed E-state index contributed by atoms with van der Waals surface area (Å²) in [4.78, 5) is 14.0. The molecule has 1 aromatic rings. The Bertz CT molecular complexity index is 403. The van der Waals surface area contributed by atoms with Crippen LogP contribution in [0, 0.1) is 0 Å². The zero-order valence-electron chi connectivity index (χ0n) is 10.8. The first-order valence-corrected chi connectivity index (χ1v) is 6.48. The smallest absolute Gasteiger partial charge is 0.260 e. The summed E-state index contributed by atoms with van der Waals surface area (Å²) in [6.07, 6.45) is 3.24. The van der Waals surface area contributed by atoms with Gasteiger partial charge in [-0.05, 0) is 43.5 Å². The number of ether oxygens (including phenoxy) is 1. The summed E-state index contributed by atoms with van der Waals surface area (Å²) in [5, 5.41) is 0. The molecule has 2 N–H and O–H groups in total. The van der Waals surface area contributed by atoms with Gasteiger partial charge in [-0.15, -0.1) is 0 Å². The van der Waals surface area contributed by atoms with E-state index in [1.54, 1.807) is 24.3 Å². The highest BCUT2D eigenvalue weighted by atomic mass is 16.5. The molecule has 1 amide bonds. The van der Waals surface area contributed by atoms with Crippen molar-refractivity contribution in [3.63, 3.8) is 0 Å². The standard InChI is InChI=1S/C14H20N2O2/c1-2-12-4-3-9-16(12)14(17)10-18-13-7-5-11(15)6-8-13/h5-8,12H,2-4,9-10,15H2,1H3. The Hall–Kier alpha value is -1.71. The number of hydrogen-bond donors (Lipinski definition) is 1. The molecule has 0 aromatic heterocycles. The zero-order chi connectivity index (χ0) is 13.0. The number of anilines is 1. The zero-order valence-corrected chi connectivity index (χ0v) is 10.8. The quantitative estimate of drug-likeness (QED) is 0.830. The minimum atomic E-state index is 0.0798. The first-order chi connectivity index (χ1) is 8.70. The average molecular weight is 248 g/mol. The molecule has 1 atom stereocenters. The van der Waals surface area contributed by atoms with Crippen LogP contribution in [-0.2, 0) is 4.79 Å². The minimum Gasteiger partial charge on any atom is -0.484 e. The Balaban J connectivity index is 1.86. The van der Waals surface area contributed by atoms with Gasteiger partial charge in [-0.2, -0.15) is 0 Å². The number of nitrogens with zero attached hydrogens (tertiary/aromatic N) is 1. The van der Waals surface area contributed by atoms with Crippen molar-refractivity contribution in [2.75, 3.05) is 18.9 Å². The molecule has 98 valence electrons. The fraction of sp³-hybridized carbons (Fsp3) is 0.500. The topological polar surface area (TPSA) is 55.6 Å². The van der Waals surface area contributed by atoms with Crippen LogP contribution in [0.15, 0.2) is 24.3 Å². The monoisotopic (exact) mass is 248 g/mol. The van der Waals surface area contributed by atoms with Crippen LogP contribution in [0.1, 0.15) is 26.2 Å². The normalized spacial score (nSPS) is 18.9. The van der Waals surface area contributed by atoms with Crippen LogP contribution in [0.4, 0.5) is 5.69 Å². The van der Waals surface area contributed by atoms with Crippen LogP contribution >= 0.6 is 0 Å². The lowest BCUT2D eigenvalue weighted by Crippen LogP contribution is -2.38. The van der Waals surface area contributed by atoms with Gasteiger partial charge in [0, 0.05) is 18.3 Å². The van der Waals surface area contributed by atoms with E-state index >= 15 is 0 Å². The number of hydrogen-bond acceptors (Lipinski definition) is 3. The third-order valence-corrected chi connectivity index (χ3v) is 3.41. The molecule has 1 aliphatic heterocycles. The Kier molecular flexibility index (Phi) is 4.07. The van der Waals surface area contributed by atoms with E-state index in [0.29, 0.717) is 17.5 Å². The molecule has 0 radical (unpaired) electrons. The van der Waals surface area contributed by atoms with Crippen LogP contribution < -0.4 is 10.5 Å². The summed E-state index contributed by atoms with van der Waals surface area (Å²) in [7, 11) is 0. The second-order valence-corrected chi connectivity index (χ2v) is 4.65. The summed E-state index contributed by atoms with van der Waals surface area (Å²) in [6.45, 7) is 3.10. The highest BCUT2D eigenvalue weighted by Crippen LogP contribution is 2.20. The van der Waals surface area contributed by atoms with E-state index in [1.165, 1.54) is 0 Å². The highest BCUT2D eigenvalue weighted by Gasteiger charge is 2.27. The molecule has 0 bridgehead atoms. The summed E-state index contributed by atoms with van der Waals surface area (Å²) in [5.74, 6) is 0.765. The maximum atomic E-state index is 12.0. The molecule has 4 heteroatoms. The van der Waals surface area contributed by atoms with Gasteiger partial charge in [-0.3, -0.25) is 4.79 Å². The Morgan fingerprint density at radius 1 is 1.44 bits per heavy atom. The molecule has 18 heavy (non-hydrogen) atoms. The Labute approximate surface area is 108 Å². The second-order valence-electron chi connectivity index (χ2n) is 4.65. The Morgan fingerprint density at radius 3 is 2.83 bits per heavy atom. The minimum absolute atomic E-state index is 0.0798. The van der Waals surface area contributed by atoms with E-state index in [-0.39, 0.29) is 12.5 Å². The van der Waals surface area contributed by atoms with Crippen molar-refractivity contribution in [2.45, 2.75) is 32.2 Å². The fourth-order valence-corrected chi connectivity index (χ4v) is 2.38. The lowest BCUT2D eigenvalue weighted by Gasteiger charge is -2.23. The molecule has 4 nitrogen and oxygen atoms in total. The molecule has 0 saturated carbocycles. The van der Waals surface area contributed by atoms with Crippen LogP contribution in [0.2, 0.25) is 0 Å². The molecular formula is C14H20N2O2. The second kappa shape index (κ2) is 5.76. The lowest BCUT2D eigenvalue weighted by atomic mass is 10.2. The number of rotatable bonds is 4. The highest BCUT2D eigenvalue weighted by molar-refractivity contribution is 5.78. The van der Waals surface area contributed by atoms with Crippen LogP contribution in [0.3, 0.4) is 0 Å².